The van der Waals surface area contributed by atoms with Crippen molar-refractivity contribution >= 4 is 48.7 Å². The molecule has 0 spiro atoms. The third kappa shape index (κ3) is 6.70. The molecule has 3 aromatic rings. The Bertz CT molecular complexity index is 1480. The molecule has 3 heterocycles. The molecule has 0 radical (unpaired) electrons. The summed E-state index contributed by atoms with van der Waals surface area (Å²) in [5.41, 5.74) is 1.45. The highest BCUT2D eigenvalue weighted by atomic mass is 32.2. The molecule has 2 fully saturated rings. The Hall–Kier alpha value is -3.09. The van der Waals surface area contributed by atoms with E-state index < -0.39 is 15.9 Å². The van der Waals surface area contributed by atoms with E-state index in [9.17, 15) is 18.0 Å². The van der Waals surface area contributed by atoms with Gasteiger partial charge in [-0.1, -0.05) is 49.2 Å². The minimum Gasteiger partial charge on any atom is -0.481 e. The van der Waals surface area contributed by atoms with Crippen molar-refractivity contribution in [3.8, 4) is 5.88 Å². The lowest BCUT2D eigenvalue weighted by Crippen LogP contribution is -2.40. The molecule has 2 aromatic heterocycles. The number of sulfonamides is 1. The van der Waals surface area contributed by atoms with E-state index in [1.54, 1.807) is 44.4 Å². The van der Waals surface area contributed by atoms with E-state index in [2.05, 4.69) is 15.3 Å². The number of carbonyl (C=O) groups excluding carboxylic acids is 2. The van der Waals surface area contributed by atoms with Crippen LogP contribution < -0.4 is 10.1 Å². The van der Waals surface area contributed by atoms with Crippen LogP contribution in [0, 0.1) is 11.8 Å². The van der Waals surface area contributed by atoms with Crippen molar-refractivity contribution in [3.63, 3.8) is 0 Å². The van der Waals surface area contributed by atoms with Gasteiger partial charge in [-0.15, -0.1) is 0 Å². The number of nitrogens with zero attached hydrogens (tertiary/aromatic N) is 3. The Balaban J connectivity index is 1.31. The molecule has 220 valence electrons. The molecule has 12 heteroatoms. The standard InChI is InChI=1S/C29H36N4O6S2/c1-3-39-28(35)21-14-16-33(17-15-21)41(36,37)22-10-8-20(9-11-22)23(18-19-6-4-5-7-19)26(34)32-29-30-24-12-13-25(38-2)31-27(24)40-29/h8-13,19,21,23H,3-7,14-18H2,1-2H3,(H,30,32,34). The molecular formula is C29H36N4O6S2. The molecular weight excluding hydrogens is 564 g/mol. The number of hydrogen-bond donors (Lipinski definition) is 1. The molecule has 1 aliphatic carbocycles. The maximum Gasteiger partial charge on any atom is 0.309 e. The van der Waals surface area contributed by atoms with Crippen LogP contribution >= 0.6 is 11.3 Å². The molecule has 1 unspecified atom stereocenters. The number of hydrogen-bond acceptors (Lipinski definition) is 9. The summed E-state index contributed by atoms with van der Waals surface area (Å²) in [6.45, 7) is 2.61. The number of nitrogens with one attached hydrogen (secondary N) is 1. The number of methoxy groups -OCH3 is 1. The Morgan fingerprint density at radius 2 is 1.76 bits per heavy atom. The van der Waals surface area contributed by atoms with Crippen molar-refractivity contribution in [2.75, 3.05) is 32.1 Å². The van der Waals surface area contributed by atoms with Crippen molar-refractivity contribution in [1.82, 2.24) is 14.3 Å². The van der Waals surface area contributed by atoms with Crippen LogP contribution in [0.25, 0.3) is 10.3 Å². The minimum atomic E-state index is -3.72. The summed E-state index contributed by atoms with van der Waals surface area (Å²) < 4.78 is 38.4. The summed E-state index contributed by atoms with van der Waals surface area (Å²) in [6.07, 6.45) is 6.06. The van der Waals surface area contributed by atoms with E-state index in [4.69, 9.17) is 9.47 Å². The second-order valence-electron chi connectivity index (χ2n) is 10.6. The third-order valence-electron chi connectivity index (χ3n) is 8.02. The number of rotatable bonds is 10. The summed E-state index contributed by atoms with van der Waals surface area (Å²) >= 11 is 1.29. The maximum absolute atomic E-state index is 13.6. The summed E-state index contributed by atoms with van der Waals surface area (Å²) in [7, 11) is -2.17. The summed E-state index contributed by atoms with van der Waals surface area (Å²) in [5, 5.41) is 3.45. The molecule has 1 aliphatic heterocycles. The first kappa shape index (κ1) is 29.4. The summed E-state index contributed by atoms with van der Waals surface area (Å²) in [6, 6.07) is 10.2. The van der Waals surface area contributed by atoms with Gasteiger partial charge in [-0.25, -0.2) is 18.4 Å². The first-order valence-corrected chi connectivity index (χ1v) is 16.4. The molecule has 1 saturated heterocycles. The number of anilines is 1. The third-order valence-corrected chi connectivity index (χ3v) is 10.8. The van der Waals surface area contributed by atoms with Gasteiger partial charge in [0.25, 0.3) is 0 Å². The predicted molar refractivity (Wildman–Crippen MR) is 156 cm³/mol. The fourth-order valence-electron chi connectivity index (χ4n) is 5.75. The molecule has 2 aliphatic rings. The van der Waals surface area contributed by atoms with Crippen LogP contribution in [0.4, 0.5) is 5.13 Å². The number of piperidine rings is 1. The second kappa shape index (κ2) is 12.8. The van der Waals surface area contributed by atoms with Crippen molar-refractivity contribution < 1.29 is 27.5 Å². The average Bonchev–Trinajstić information content (AvgIpc) is 3.65. The largest absolute Gasteiger partial charge is 0.481 e. The van der Waals surface area contributed by atoms with E-state index in [-0.39, 0.29) is 35.8 Å². The van der Waals surface area contributed by atoms with Gasteiger partial charge < -0.3 is 14.8 Å². The zero-order valence-corrected chi connectivity index (χ0v) is 25.0. The molecule has 5 rings (SSSR count). The normalized spacial score (nSPS) is 17.9. The van der Waals surface area contributed by atoms with Gasteiger partial charge in [0.05, 0.1) is 30.4 Å². The summed E-state index contributed by atoms with van der Waals surface area (Å²) in [4.78, 5) is 35.4. The number of amides is 1. The van der Waals surface area contributed by atoms with Gasteiger partial charge in [-0.2, -0.15) is 4.31 Å². The molecule has 1 atom stereocenters. The summed E-state index contributed by atoms with van der Waals surface area (Å²) in [5.74, 6) is -0.217. The Labute approximate surface area is 244 Å². The van der Waals surface area contributed by atoms with Crippen molar-refractivity contribution in [3.05, 3.63) is 42.0 Å². The van der Waals surface area contributed by atoms with E-state index in [1.807, 2.05) is 6.07 Å². The predicted octanol–water partition coefficient (Wildman–Crippen LogP) is 4.97. The van der Waals surface area contributed by atoms with Crippen molar-refractivity contribution in [2.24, 2.45) is 11.8 Å². The first-order chi connectivity index (χ1) is 19.8. The fourth-order valence-corrected chi connectivity index (χ4v) is 8.05. The highest BCUT2D eigenvalue weighted by Gasteiger charge is 2.33. The maximum atomic E-state index is 13.6. The number of carbonyl (C=O) groups is 2. The first-order valence-electron chi connectivity index (χ1n) is 14.2. The second-order valence-corrected chi connectivity index (χ2v) is 13.5. The van der Waals surface area contributed by atoms with Crippen LogP contribution in [0.1, 0.15) is 63.4 Å². The van der Waals surface area contributed by atoms with Crippen LogP contribution in [0.15, 0.2) is 41.3 Å². The van der Waals surface area contributed by atoms with Gasteiger partial charge in [-0.05, 0) is 55.9 Å². The van der Waals surface area contributed by atoms with Gasteiger partial charge in [0.1, 0.15) is 10.3 Å². The number of pyridine rings is 1. The van der Waals surface area contributed by atoms with Gasteiger partial charge in [0.15, 0.2) is 5.13 Å². The van der Waals surface area contributed by atoms with Gasteiger partial charge in [-0.3, -0.25) is 9.59 Å². The lowest BCUT2D eigenvalue weighted by Gasteiger charge is -2.30. The zero-order chi connectivity index (χ0) is 29.0. The van der Waals surface area contributed by atoms with E-state index in [1.165, 1.54) is 15.6 Å². The van der Waals surface area contributed by atoms with Crippen LogP contribution in [-0.4, -0.2) is 61.4 Å². The molecule has 0 bridgehead atoms. The SMILES string of the molecule is CCOC(=O)C1CCN(S(=O)(=O)c2ccc(C(CC3CCCC3)C(=O)Nc3nc4ccc(OC)nc4s3)cc2)CC1. The lowest BCUT2D eigenvalue weighted by atomic mass is 9.87. The van der Waals surface area contributed by atoms with Crippen LogP contribution in [-0.2, 0) is 24.3 Å². The topological polar surface area (TPSA) is 128 Å². The number of aromatic nitrogens is 2. The number of ether oxygens (including phenoxy) is 2. The number of thiazole rings is 1. The van der Waals surface area contributed by atoms with E-state index in [0.29, 0.717) is 53.1 Å². The minimum absolute atomic E-state index is 0.167. The van der Waals surface area contributed by atoms with Crippen LogP contribution in [0.3, 0.4) is 0 Å². The average molecular weight is 601 g/mol. The highest BCUT2D eigenvalue weighted by Crippen LogP contribution is 2.36. The zero-order valence-electron chi connectivity index (χ0n) is 23.4. The smallest absolute Gasteiger partial charge is 0.309 e. The Kier molecular flexibility index (Phi) is 9.20. The monoisotopic (exact) mass is 600 g/mol. The molecule has 1 N–H and O–H groups in total. The van der Waals surface area contributed by atoms with Crippen LogP contribution in [0.2, 0.25) is 0 Å². The Morgan fingerprint density at radius 3 is 2.41 bits per heavy atom. The molecule has 10 nitrogen and oxygen atoms in total. The molecule has 41 heavy (non-hydrogen) atoms. The number of benzene rings is 1. The lowest BCUT2D eigenvalue weighted by molar-refractivity contribution is -0.149. The van der Waals surface area contributed by atoms with Gasteiger partial charge >= 0.3 is 5.97 Å². The van der Waals surface area contributed by atoms with Crippen molar-refractivity contribution in [1.29, 1.82) is 0 Å². The highest BCUT2D eigenvalue weighted by molar-refractivity contribution is 7.89. The molecule has 1 saturated carbocycles. The van der Waals surface area contributed by atoms with Gasteiger partial charge in [0, 0.05) is 19.2 Å². The Morgan fingerprint density at radius 1 is 1.05 bits per heavy atom. The quantitative estimate of drug-likeness (QED) is 0.323. The molecule has 1 amide bonds. The van der Waals surface area contributed by atoms with Crippen molar-refractivity contribution in [2.45, 2.75) is 62.7 Å². The fraction of sp³-hybridized carbons (Fsp3) is 0.517. The molecule has 1 aromatic carbocycles. The van der Waals surface area contributed by atoms with E-state index in [0.717, 1.165) is 31.2 Å². The van der Waals surface area contributed by atoms with Gasteiger partial charge in [0.2, 0.25) is 21.8 Å². The van der Waals surface area contributed by atoms with E-state index >= 15 is 0 Å². The number of fused-ring (bicyclic) bond motifs is 1. The van der Waals surface area contributed by atoms with Crippen LogP contribution in [0.5, 0.6) is 5.88 Å². The number of esters is 1.